The van der Waals surface area contributed by atoms with E-state index >= 15 is 0 Å². The van der Waals surface area contributed by atoms with Crippen molar-refractivity contribution in [3.63, 3.8) is 0 Å². The van der Waals surface area contributed by atoms with E-state index in [1.807, 2.05) is 53.5 Å². The molecule has 0 spiro atoms. The maximum atomic E-state index is 10.9. The van der Waals surface area contributed by atoms with Gasteiger partial charge >= 0.3 is 0 Å². The topological polar surface area (TPSA) is 32.7 Å². The fourth-order valence-corrected chi connectivity index (χ4v) is 3.26. The molecule has 0 unspecified atom stereocenters. The predicted molar refractivity (Wildman–Crippen MR) is 111 cm³/mol. The molecule has 0 saturated heterocycles. The molecule has 3 aromatic carbocycles. The Bertz CT molecular complexity index is 960. The van der Waals surface area contributed by atoms with Crippen LogP contribution in [0.5, 0.6) is 0 Å². The smallest absolute Gasteiger partial charge is 0.150 e. The summed E-state index contributed by atoms with van der Waals surface area (Å²) < 4.78 is 0. The van der Waals surface area contributed by atoms with E-state index in [1.165, 1.54) is 5.56 Å². The second-order valence-electron chi connectivity index (χ2n) is 6.52. The number of nitrogens with zero attached hydrogens (tertiary/aromatic N) is 2. The van der Waals surface area contributed by atoms with Gasteiger partial charge < -0.3 is 0 Å². The van der Waals surface area contributed by atoms with Gasteiger partial charge in [-0.3, -0.25) is 9.80 Å². The molecule has 0 radical (unpaired) electrons. The van der Waals surface area contributed by atoms with Crippen LogP contribution >= 0.6 is 0 Å². The van der Waals surface area contributed by atoms with E-state index in [2.05, 4.69) is 48.6 Å². The number of anilines is 1. The SMILES string of the molecule is O=Cc1ccc(N2C[C@@H](c3ccccc3)C(/C=C/c3ccccc3)=N2)cc1. The number of aldehydes is 1. The molecule has 0 N–H and O–H groups in total. The Labute approximate surface area is 159 Å². The standard InChI is InChI=1S/C24H20N2O/c27-18-20-11-14-22(15-12-20)26-17-23(21-9-5-2-6-10-21)24(25-26)16-13-19-7-3-1-4-8-19/h1-16,18,23H,17H2/b16-13+/t23-/m0/s1. The van der Waals surface area contributed by atoms with Crippen molar-refractivity contribution in [2.24, 2.45) is 5.10 Å². The first-order valence-electron chi connectivity index (χ1n) is 9.03. The van der Waals surface area contributed by atoms with Gasteiger partial charge in [0.2, 0.25) is 0 Å². The maximum Gasteiger partial charge on any atom is 0.150 e. The van der Waals surface area contributed by atoms with Crippen LogP contribution in [0.1, 0.15) is 27.4 Å². The third-order valence-electron chi connectivity index (χ3n) is 4.72. The predicted octanol–water partition coefficient (Wildman–Crippen LogP) is 5.17. The third-order valence-corrected chi connectivity index (χ3v) is 4.72. The lowest BCUT2D eigenvalue weighted by Gasteiger charge is -2.16. The van der Waals surface area contributed by atoms with Crippen LogP contribution in [-0.4, -0.2) is 18.5 Å². The van der Waals surface area contributed by atoms with Gasteiger partial charge in [-0.25, -0.2) is 0 Å². The molecule has 27 heavy (non-hydrogen) atoms. The number of rotatable bonds is 5. The lowest BCUT2D eigenvalue weighted by molar-refractivity contribution is 0.112. The van der Waals surface area contributed by atoms with Crippen LogP contribution in [-0.2, 0) is 0 Å². The molecule has 1 atom stereocenters. The van der Waals surface area contributed by atoms with Gasteiger partial charge in [0.25, 0.3) is 0 Å². The number of allylic oxidation sites excluding steroid dienone is 1. The number of carbonyl (C=O) groups excluding carboxylic acids is 1. The van der Waals surface area contributed by atoms with E-state index in [-0.39, 0.29) is 5.92 Å². The zero-order valence-corrected chi connectivity index (χ0v) is 14.9. The van der Waals surface area contributed by atoms with Gasteiger partial charge in [-0.1, -0.05) is 66.7 Å². The molecule has 3 heteroatoms. The number of hydrazone groups is 1. The summed E-state index contributed by atoms with van der Waals surface area (Å²) in [5.74, 6) is 0.205. The summed E-state index contributed by atoms with van der Waals surface area (Å²) in [5, 5.41) is 6.87. The molecule has 0 fully saturated rings. The van der Waals surface area contributed by atoms with Crippen LogP contribution in [0.15, 0.2) is 96.1 Å². The Morgan fingerprint density at radius 1 is 0.778 bits per heavy atom. The number of carbonyl (C=O) groups is 1. The normalized spacial score (nSPS) is 16.5. The van der Waals surface area contributed by atoms with E-state index in [4.69, 9.17) is 5.10 Å². The van der Waals surface area contributed by atoms with Crippen molar-refractivity contribution in [3.05, 3.63) is 108 Å². The van der Waals surface area contributed by atoms with Crippen LogP contribution in [0.25, 0.3) is 6.08 Å². The van der Waals surface area contributed by atoms with E-state index in [1.54, 1.807) is 0 Å². The average Bonchev–Trinajstić information content (AvgIpc) is 3.18. The van der Waals surface area contributed by atoms with Crippen LogP contribution in [0.2, 0.25) is 0 Å². The van der Waals surface area contributed by atoms with Gasteiger partial charge in [-0.15, -0.1) is 0 Å². The molecule has 0 amide bonds. The molecular formula is C24H20N2O. The van der Waals surface area contributed by atoms with Gasteiger partial charge in [-0.05, 0) is 41.5 Å². The second kappa shape index (κ2) is 7.83. The van der Waals surface area contributed by atoms with Crippen LogP contribution in [0.3, 0.4) is 0 Å². The lowest BCUT2D eigenvalue weighted by atomic mass is 9.94. The van der Waals surface area contributed by atoms with Crippen molar-refractivity contribution in [3.8, 4) is 0 Å². The van der Waals surface area contributed by atoms with E-state index in [0.717, 1.165) is 29.8 Å². The fourth-order valence-electron chi connectivity index (χ4n) is 3.26. The molecule has 0 bridgehead atoms. The van der Waals surface area contributed by atoms with Gasteiger partial charge in [0, 0.05) is 11.5 Å². The number of hydrogen-bond acceptors (Lipinski definition) is 3. The van der Waals surface area contributed by atoms with Gasteiger partial charge in [0.05, 0.1) is 17.9 Å². The summed E-state index contributed by atoms with van der Waals surface area (Å²) in [6.07, 6.45) is 5.07. The molecule has 132 valence electrons. The average molecular weight is 352 g/mol. The highest BCUT2D eigenvalue weighted by Gasteiger charge is 2.27. The molecule has 4 rings (SSSR count). The van der Waals surface area contributed by atoms with Crippen LogP contribution in [0.4, 0.5) is 5.69 Å². The Kier molecular flexibility index (Phi) is 4.93. The largest absolute Gasteiger partial charge is 0.298 e. The van der Waals surface area contributed by atoms with Crippen molar-refractivity contribution >= 4 is 23.8 Å². The molecule has 1 heterocycles. The Morgan fingerprint density at radius 3 is 2.11 bits per heavy atom. The summed E-state index contributed by atoms with van der Waals surface area (Å²) in [5.41, 5.74) is 5.10. The zero-order valence-electron chi connectivity index (χ0n) is 14.9. The van der Waals surface area contributed by atoms with Gasteiger partial charge in [0.15, 0.2) is 0 Å². The molecule has 0 aromatic heterocycles. The van der Waals surface area contributed by atoms with Gasteiger partial charge in [-0.2, -0.15) is 5.10 Å². The summed E-state index contributed by atoms with van der Waals surface area (Å²) in [6.45, 7) is 0.777. The van der Waals surface area contributed by atoms with Crippen molar-refractivity contribution in [1.82, 2.24) is 0 Å². The first-order valence-corrected chi connectivity index (χ1v) is 9.03. The number of hydrogen-bond donors (Lipinski definition) is 0. The van der Waals surface area contributed by atoms with Crippen LogP contribution in [0, 0.1) is 0 Å². The van der Waals surface area contributed by atoms with Crippen LogP contribution < -0.4 is 5.01 Å². The molecule has 1 aliphatic rings. The van der Waals surface area contributed by atoms with Crippen molar-refractivity contribution in [1.29, 1.82) is 0 Å². The fraction of sp³-hybridized carbons (Fsp3) is 0.0833. The highest BCUT2D eigenvalue weighted by molar-refractivity contribution is 6.05. The Balaban J connectivity index is 1.65. The zero-order chi connectivity index (χ0) is 18.5. The second-order valence-corrected chi connectivity index (χ2v) is 6.52. The molecule has 3 aromatic rings. The minimum absolute atomic E-state index is 0.205. The Morgan fingerprint density at radius 2 is 1.44 bits per heavy atom. The molecule has 3 nitrogen and oxygen atoms in total. The summed E-state index contributed by atoms with van der Waals surface area (Å²) in [7, 11) is 0. The minimum atomic E-state index is 0.205. The highest BCUT2D eigenvalue weighted by atomic mass is 16.1. The van der Waals surface area contributed by atoms with Gasteiger partial charge in [0.1, 0.15) is 6.29 Å². The first-order chi connectivity index (χ1) is 13.3. The summed E-state index contributed by atoms with van der Waals surface area (Å²) in [6, 6.07) is 28.2. The summed E-state index contributed by atoms with van der Waals surface area (Å²) in [4.78, 5) is 10.9. The molecule has 1 aliphatic heterocycles. The van der Waals surface area contributed by atoms with Crippen molar-refractivity contribution < 1.29 is 4.79 Å². The first kappa shape index (κ1) is 17.0. The van der Waals surface area contributed by atoms with E-state index in [0.29, 0.717) is 5.56 Å². The van der Waals surface area contributed by atoms with E-state index < -0.39 is 0 Å². The van der Waals surface area contributed by atoms with Crippen molar-refractivity contribution in [2.75, 3.05) is 11.6 Å². The van der Waals surface area contributed by atoms with E-state index in [9.17, 15) is 4.79 Å². The molecule has 0 saturated carbocycles. The Hall–Kier alpha value is -3.46. The molecular weight excluding hydrogens is 332 g/mol. The minimum Gasteiger partial charge on any atom is -0.298 e. The monoisotopic (exact) mass is 352 g/mol. The molecule has 0 aliphatic carbocycles. The maximum absolute atomic E-state index is 10.9. The third kappa shape index (κ3) is 3.87. The lowest BCUT2D eigenvalue weighted by Crippen LogP contribution is -2.17. The highest BCUT2D eigenvalue weighted by Crippen LogP contribution is 2.30. The number of benzene rings is 3. The summed E-state index contributed by atoms with van der Waals surface area (Å²) >= 11 is 0. The van der Waals surface area contributed by atoms with Crippen molar-refractivity contribution in [2.45, 2.75) is 5.92 Å². The quantitative estimate of drug-likeness (QED) is 0.593.